The second-order valence-corrected chi connectivity index (χ2v) is 7.83. The number of hydrogen-bond donors (Lipinski definition) is 0. The molecule has 24 heavy (non-hydrogen) atoms. The van der Waals surface area contributed by atoms with Crippen LogP contribution in [-0.4, -0.2) is 34.1 Å². The van der Waals surface area contributed by atoms with E-state index in [1.807, 2.05) is 22.4 Å². The summed E-state index contributed by atoms with van der Waals surface area (Å²) in [5, 5.41) is 10.4. The molecule has 2 aromatic rings. The van der Waals surface area contributed by atoms with Crippen LogP contribution >= 0.6 is 11.3 Å². The number of aromatic nitrogens is 2. The van der Waals surface area contributed by atoms with Crippen molar-refractivity contribution in [1.29, 1.82) is 0 Å². The van der Waals surface area contributed by atoms with Gasteiger partial charge in [-0.25, -0.2) is 0 Å². The Bertz CT molecular complexity index is 676. The summed E-state index contributed by atoms with van der Waals surface area (Å²) in [4.78, 5) is 15.8. The predicted molar refractivity (Wildman–Crippen MR) is 92.7 cm³/mol. The lowest BCUT2D eigenvalue weighted by molar-refractivity contribution is -0.137. The summed E-state index contributed by atoms with van der Waals surface area (Å²) in [5.41, 5.74) is 0. The first kappa shape index (κ1) is 15.8. The molecular formula is C18H23N3O2S. The highest BCUT2D eigenvalue weighted by molar-refractivity contribution is 7.13. The number of nitrogens with zero attached hydrogens (tertiary/aromatic N) is 3. The molecule has 2 aromatic heterocycles. The van der Waals surface area contributed by atoms with Crippen molar-refractivity contribution < 1.29 is 9.21 Å². The molecule has 6 heteroatoms. The molecule has 1 saturated carbocycles. The van der Waals surface area contributed by atoms with Crippen molar-refractivity contribution in [3.8, 4) is 10.8 Å². The summed E-state index contributed by atoms with van der Waals surface area (Å²) in [5.74, 6) is 2.03. The number of thiophene rings is 1. The van der Waals surface area contributed by atoms with Crippen molar-refractivity contribution in [1.82, 2.24) is 15.1 Å². The third-order valence-corrected chi connectivity index (χ3v) is 6.07. The molecule has 0 spiro atoms. The molecule has 1 saturated heterocycles. The standard InChI is InChI=1S/C18H23N3O2S/c22-18(13-6-2-1-3-7-13)21-10-4-8-14(12-21)16-19-20-17(23-16)15-9-5-11-24-15/h5,9,11,13-14H,1-4,6-8,10,12H2. The monoisotopic (exact) mass is 345 g/mol. The van der Waals surface area contributed by atoms with Gasteiger partial charge in [-0.1, -0.05) is 25.3 Å². The zero-order valence-corrected chi connectivity index (χ0v) is 14.6. The van der Waals surface area contributed by atoms with Gasteiger partial charge in [0.1, 0.15) is 0 Å². The van der Waals surface area contributed by atoms with Gasteiger partial charge < -0.3 is 9.32 Å². The SMILES string of the molecule is O=C(C1CCCCC1)N1CCCC(c2nnc(-c3cccs3)o2)C1. The molecule has 3 heterocycles. The molecule has 5 nitrogen and oxygen atoms in total. The maximum absolute atomic E-state index is 12.8. The highest BCUT2D eigenvalue weighted by atomic mass is 32.1. The highest BCUT2D eigenvalue weighted by Gasteiger charge is 2.32. The third-order valence-electron chi connectivity index (χ3n) is 5.21. The fourth-order valence-electron chi connectivity index (χ4n) is 3.89. The summed E-state index contributed by atoms with van der Waals surface area (Å²) in [6.45, 7) is 1.60. The summed E-state index contributed by atoms with van der Waals surface area (Å²) in [7, 11) is 0. The number of carbonyl (C=O) groups excluding carboxylic acids is 1. The van der Waals surface area contributed by atoms with Crippen LogP contribution in [0.5, 0.6) is 0 Å². The first-order valence-corrected chi connectivity index (χ1v) is 9.85. The molecule has 128 valence electrons. The molecule has 2 aliphatic rings. The maximum atomic E-state index is 12.8. The van der Waals surface area contributed by atoms with Gasteiger partial charge in [0.05, 0.1) is 10.8 Å². The Morgan fingerprint density at radius 3 is 2.83 bits per heavy atom. The summed E-state index contributed by atoms with van der Waals surface area (Å²) < 4.78 is 5.89. The van der Waals surface area contributed by atoms with Crippen molar-refractivity contribution >= 4 is 17.2 Å². The van der Waals surface area contributed by atoms with E-state index in [-0.39, 0.29) is 11.8 Å². The fourth-order valence-corrected chi connectivity index (χ4v) is 4.53. The van der Waals surface area contributed by atoms with Crippen LogP contribution in [0.1, 0.15) is 56.8 Å². The Hall–Kier alpha value is -1.69. The van der Waals surface area contributed by atoms with Crippen molar-refractivity contribution in [2.45, 2.75) is 50.9 Å². The zero-order valence-electron chi connectivity index (χ0n) is 13.8. The molecule has 1 aliphatic carbocycles. The molecule has 1 aliphatic heterocycles. The predicted octanol–water partition coefficient (Wildman–Crippen LogP) is 4.08. The molecule has 1 atom stereocenters. The number of hydrogen-bond acceptors (Lipinski definition) is 5. The molecular weight excluding hydrogens is 322 g/mol. The van der Waals surface area contributed by atoms with Gasteiger partial charge in [-0.05, 0) is 37.1 Å². The van der Waals surface area contributed by atoms with Gasteiger partial charge in [-0.3, -0.25) is 4.79 Å². The van der Waals surface area contributed by atoms with Gasteiger partial charge in [-0.2, -0.15) is 0 Å². The number of likely N-dealkylation sites (tertiary alicyclic amines) is 1. The minimum Gasteiger partial charge on any atom is -0.420 e. The van der Waals surface area contributed by atoms with Crippen molar-refractivity contribution in [3.63, 3.8) is 0 Å². The van der Waals surface area contributed by atoms with Crippen LogP contribution in [0, 0.1) is 5.92 Å². The second-order valence-electron chi connectivity index (χ2n) is 6.88. The van der Waals surface area contributed by atoms with E-state index in [2.05, 4.69) is 10.2 Å². The Morgan fingerprint density at radius 1 is 1.17 bits per heavy atom. The van der Waals surface area contributed by atoms with Gasteiger partial charge in [0.15, 0.2) is 0 Å². The normalized spacial score (nSPS) is 22.7. The van der Waals surface area contributed by atoms with Crippen molar-refractivity contribution in [3.05, 3.63) is 23.4 Å². The quantitative estimate of drug-likeness (QED) is 0.841. The highest BCUT2D eigenvalue weighted by Crippen LogP contribution is 2.32. The van der Waals surface area contributed by atoms with E-state index >= 15 is 0 Å². The largest absolute Gasteiger partial charge is 0.420 e. The van der Waals surface area contributed by atoms with E-state index < -0.39 is 0 Å². The topological polar surface area (TPSA) is 59.2 Å². The minimum atomic E-state index is 0.174. The summed E-state index contributed by atoms with van der Waals surface area (Å²) in [6.07, 6.45) is 7.81. The van der Waals surface area contributed by atoms with Crippen LogP contribution in [0.3, 0.4) is 0 Å². The van der Waals surface area contributed by atoms with Crippen molar-refractivity contribution in [2.24, 2.45) is 5.92 Å². The second kappa shape index (κ2) is 7.05. The van der Waals surface area contributed by atoms with E-state index in [9.17, 15) is 4.79 Å². The molecule has 0 N–H and O–H groups in total. The van der Waals surface area contributed by atoms with Crippen molar-refractivity contribution in [2.75, 3.05) is 13.1 Å². The lowest BCUT2D eigenvalue weighted by Gasteiger charge is -2.34. The molecule has 1 unspecified atom stereocenters. The maximum Gasteiger partial charge on any atom is 0.257 e. The lowest BCUT2D eigenvalue weighted by Crippen LogP contribution is -2.42. The van der Waals surface area contributed by atoms with Gasteiger partial charge in [-0.15, -0.1) is 21.5 Å². The van der Waals surface area contributed by atoms with Crippen LogP contribution in [0.25, 0.3) is 10.8 Å². The van der Waals surface area contributed by atoms with E-state index in [0.29, 0.717) is 17.7 Å². The van der Waals surface area contributed by atoms with Crippen LogP contribution in [0.2, 0.25) is 0 Å². The lowest BCUT2D eigenvalue weighted by atomic mass is 9.87. The van der Waals surface area contributed by atoms with Crippen LogP contribution < -0.4 is 0 Å². The summed E-state index contributed by atoms with van der Waals surface area (Å²) in [6, 6.07) is 3.97. The molecule has 0 aromatic carbocycles. The van der Waals surface area contributed by atoms with E-state index in [1.165, 1.54) is 19.3 Å². The number of rotatable bonds is 3. The molecule has 2 fully saturated rings. The van der Waals surface area contributed by atoms with Gasteiger partial charge in [0.25, 0.3) is 5.89 Å². The number of amides is 1. The molecule has 0 radical (unpaired) electrons. The van der Waals surface area contributed by atoms with E-state index in [0.717, 1.165) is 43.6 Å². The fraction of sp³-hybridized carbons (Fsp3) is 0.611. The zero-order chi connectivity index (χ0) is 16.4. The summed E-state index contributed by atoms with van der Waals surface area (Å²) >= 11 is 1.60. The Morgan fingerprint density at radius 2 is 2.04 bits per heavy atom. The average Bonchev–Trinajstić information content (AvgIpc) is 3.33. The minimum absolute atomic E-state index is 0.174. The molecule has 1 amide bonds. The number of carbonyl (C=O) groups is 1. The third kappa shape index (κ3) is 3.24. The number of piperidine rings is 1. The van der Waals surface area contributed by atoms with E-state index in [4.69, 9.17) is 4.42 Å². The van der Waals surface area contributed by atoms with Crippen LogP contribution in [0.4, 0.5) is 0 Å². The molecule has 0 bridgehead atoms. The average molecular weight is 345 g/mol. The Kier molecular flexibility index (Phi) is 4.65. The Labute approximate surface area is 146 Å². The van der Waals surface area contributed by atoms with Gasteiger partial charge in [0.2, 0.25) is 11.8 Å². The van der Waals surface area contributed by atoms with E-state index in [1.54, 1.807) is 11.3 Å². The van der Waals surface area contributed by atoms with Gasteiger partial charge >= 0.3 is 0 Å². The van der Waals surface area contributed by atoms with Gasteiger partial charge in [0, 0.05) is 19.0 Å². The molecule has 4 rings (SSSR count). The van der Waals surface area contributed by atoms with Crippen LogP contribution in [0.15, 0.2) is 21.9 Å². The first-order chi connectivity index (χ1) is 11.8. The Balaban J connectivity index is 1.44. The van der Waals surface area contributed by atoms with Crippen LogP contribution in [-0.2, 0) is 4.79 Å². The first-order valence-electron chi connectivity index (χ1n) is 8.97. The smallest absolute Gasteiger partial charge is 0.257 e.